The lowest BCUT2D eigenvalue weighted by atomic mass is 9.77. The third-order valence-corrected chi connectivity index (χ3v) is 3.31. The van der Waals surface area contributed by atoms with Gasteiger partial charge in [-0.3, -0.25) is 0 Å². The van der Waals surface area contributed by atoms with Gasteiger partial charge in [0.2, 0.25) is 0 Å². The molecule has 3 N–H and O–H groups in total. The van der Waals surface area contributed by atoms with Gasteiger partial charge >= 0.3 is 0 Å². The topological polar surface area (TPSA) is 57.2 Å². The fourth-order valence-electron chi connectivity index (χ4n) is 2.05. The quantitative estimate of drug-likeness (QED) is 0.707. The van der Waals surface area contributed by atoms with Crippen molar-refractivity contribution in [2.75, 3.05) is 23.8 Å². The minimum atomic E-state index is -0.129. The van der Waals surface area contributed by atoms with Gasteiger partial charge < -0.3 is 15.7 Å². The maximum Gasteiger partial charge on any atom is 0.128 e. The summed E-state index contributed by atoms with van der Waals surface area (Å²) in [5.41, 5.74) is -0.129. The predicted molar refractivity (Wildman–Crippen MR) is 70.3 cm³/mol. The van der Waals surface area contributed by atoms with E-state index < -0.39 is 0 Å². The molecule has 0 radical (unpaired) electrons. The lowest BCUT2D eigenvalue weighted by Crippen LogP contribution is -2.48. The normalized spacial score (nSPS) is 17.3. The number of nitrogens with one attached hydrogen (secondary N) is 2. The van der Waals surface area contributed by atoms with Gasteiger partial charge in [-0.2, -0.15) is 0 Å². The maximum atomic E-state index is 9.40. The van der Waals surface area contributed by atoms with Crippen LogP contribution in [0.4, 0.5) is 11.6 Å². The molecule has 1 aromatic rings. The molecule has 1 aliphatic rings. The van der Waals surface area contributed by atoms with Crippen LogP contribution in [-0.2, 0) is 0 Å². The predicted octanol–water partition coefficient (Wildman–Crippen LogP) is 2.23. The Morgan fingerprint density at radius 3 is 2.71 bits per heavy atom. The molecule has 1 fully saturated rings. The van der Waals surface area contributed by atoms with Crippen LogP contribution in [-0.4, -0.2) is 28.8 Å². The number of aliphatic hydroxyl groups excluding tert-OH is 1. The molecular weight excluding hydrogens is 214 g/mol. The first-order chi connectivity index (χ1) is 8.28. The number of anilines is 2. The molecule has 4 heteroatoms. The van der Waals surface area contributed by atoms with Crippen molar-refractivity contribution >= 4 is 11.6 Å². The van der Waals surface area contributed by atoms with Crippen LogP contribution >= 0.6 is 0 Å². The Kier molecular flexibility index (Phi) is 3.84. The van der Waals surface area contributed by atoms with E-state index in [9.17, 15) is 5.11 Å². The highest BCUT2D eigenvalue weighted by Gasteiger charge is 2.36. The van der Waals surface area contributed by atoms with Crippen LogP contribution in [0.15, 0.2) is 18.2 Å². The summed E-state index contributed by atoms with van der Waals surface area (Å²) < 4.78 is 0. The van der Waals surface area contributed by atoms with E-state index in [1.54, 1.807) is 0 Å². The first-order valence-electron chi connectivity index (χ1n) is 6.38. The van der Waals surface area contributed by atoms with Gasteiger partial charge in [-0.05, 0) is 37.8 Å². The summed E-state index contributed by atoms with van der Waals surface area (Å²) in [6.45, 7) is 3.24. The van der Waals surface area contributed by atoms with E-state index in [0.717, 1.165) is 37.4 Å². The van der Waals surface area contributed by atoms with Crippen molar-refractivity contribution in [3.05, 3.63) is 18.2 Å². The molecule has 0 saturated heterocycles. The molecule has 1 heterocycles. The maximum absolute atomic E-state index is 9.40. The molecule has 94 valence electrons. The van der Waals surface area contributed by atoms with E-state index in [1.165, 1.54) is 6.42 Å². The van der Waals surface area contributed by atoms with Crippen molar-refractivity contribution in [1.29, 1.82) is 0 Å². The molecule has 1 aromatic heterocycles. The number of nitrogens with zero attached hydrogens (tertiary/aromatic N) is 1. The molecule has 1 aliphatic carbocycles. The largest absolute Gasteiger partial charge is 0.394 e. The monoisotopic (exact) mass is 235 g/mol. The Bertz CT molecular complexity index is 358. The van der Waals surface area contributed by atoms with E-state index in [0.29, 0.717) is 0 Å². The third-order valence-electron chi connectivity index (χ3n) is 3.31. The average Bonchev–Trinajstić information content (AvgIpc) is 2.32. The molecule has 17 heavy (non-hydrogen) atoms. The van der Waals surface area contributed by atoms with Crippen LogP contribution in [0.25, 0.3) is 0 Å². The zero-order valence-electron chi connectivity index (χ0n) is 10.4. The Hall–Kier alpha value is -1.29. The SMILES string of the molecule is CCCNc1cccc(NC2(CO)CCC2)n1. The van der Waals surface area contributed by atoms with Crippen molar-refractivity contribution in [2.24, 2.45) is 0 Å². The number of pyridine rings is 1. The Labute approximate surface area is 102 Å². The van der Waals surface area contributed by atoms with Gasteiger partial charge in [0.1, 0.15) is 11.6 Å². The number of hydrogen-bond acceptors (Lipinski definition) is 4. The number of aliphatic hydroxyl groups is 1. The van der Waals surface area contributed by atoms with Crippen LogP contribution in [0.3, 0.4) is 0 Å². The van der Waals surface area contributed by atoms with Gasteiger partial charge in [0.05, 0.1) is 12.1 Å². The minimum Gasteiger partial charge on any atom is -0.394 e. The molecular formula is C13H21N3O. The summed E-state index contributed by atoms with van der Waals surface area (Å²) in [7, 11) is 0. The molecule has 2 rings (SSSR count). The van der Waals surface area contributed by atoms with Crippen LogP contribution in [0, 0.1) is 0 Å². The smallest absolute Gasteiger partial charge is 0.128 e. The molecule has 0 atom stereocenters. The number of rotatable bonds is 6. The van der Waals surface area contributed by atoms with E-state index in [-0.39, 0.29) is 12.1 Å². The summed E-state index contributed by atoms with van der Waals surface area (Å²) in [5.74, 6) is 1.74. The molecule has 1 saturated carbocycles. The van der Waals surface area contributed by atoms with Crippen molar-refractivity contribution in [3.8, 4) is 0 Å². The summed E-state index contributed by atoms with van der Waals surface area (Å²) in [5, 5.41) is 16.0. The second-order valence-electron chi connectivity index (χ2n) is 4.75. The number of aromatic nitrogens is 1. The number of hydrogen-bond donors (Lipinski definition) is 3. The molecule has 0 aromatic carbocycles. The summed E-state index contributed by atoms with van der Waals surface area (Å²) >= 11 is 0. The molecule has 0 spiro atoms. The molecule has 0 bridgehead atoms. The highest BCUT2D eigenvalue weighted by atomic mass is 16.3. The second-order valence-corrected chi connectivity index (χ2v) is 4.75. The minimum absolute atomic E-state index is 0.129. The van der Waals surface area contributed by atoms with Crippen LogP contribution in [0.2, 0.25) is 0 Å². The zero-order valence-corrected chi connectivity index (χ0v) is 10.4. The summed E-state index contributed by atoms with van der Waals surface area (Å²) in [4.78, 5) is 4.49. The van der Waals surface area contributed by atoms with E-state index in [2.05, 4.69) is 22.5 Å². The van der Waals surface area contributed by atoms with Crippen LogP contribution in [0.5, 0.6) is 0 Å². The van der Waals surface area contributed by atoms with E-state index in [1.807, 2.05) is 18.2 Å². The summed E-state index contributed by atoms with van der Waals surface area (Å²) in [6, 6.07) is 5.90. The van der Waals surface area contributed by atoms with E-state index >= 15 is 0 Å². The highest BCUT2D eigenvalue weighted by Crippen LogP contribution is 2.34. The Balaban J connectivity index is 2.00. The van der Waals surface area contributed by atoms with Crippen molar-refractivity contribution in [1.82, 2.24) is 4.98 Å². The molecule has 4 nitrogen and oxygen atoms in total. The van der Waals surface area contributed by atoms with E-state index in [4.69, 9.17) is 0 Å². The average molecular weight is 235 g/mol. The van der Waals surface area contributed by atoms with Gasteiger partial charge in [0.15, 0.2) is 0 Å². The van der Waals surface area contributed by atoms with Gasteiger partial charge in [0.25, 0.3) is 0 Å². The van der Waals surface area contributed by atoms with Crippen molar-refractivity contribution in [2.45, 2.75) is 38.1 Å². The molecule has 0 unspecified atom stereocenters. The lowest BCUT2D eigenvalue weighted by molar-refractivity contribution is 0.144. The third kappa shape index (κ3) is 2.88. The fraction of sp³-hybridized carbons (Fsp3) is 0.615. The highest BCUT2D eigenvalue weighted by molar-refractivity contribution is 5.47. The summed E-state index contributed by atoms with van der Waals surface area (Å²) in [6.07, 6.45) is 4.32. The molecule has 0 amide bonds. The van der Waals surface area contributed by atoms with Gasteiger partial charge in [0, 0.05) is 6.54 Å². The van der Waals surface area contributed by atoms with Gasteiger partial charge in [-0.15, -0.1) is 0 Å². The van der Waals surface area contributed by atoms with Gasteiger partial charge in [-0.1, -0.05) is 13.0 Å². The Morgan fingerprint density at radius 2 is 2.12 bits per heavy atom. The standard InChI is InChI=1S/C13H21N3O/c1-2-9-14-11-5-3-6-12(15-11)16-13(10-17)7-4-8-13/h3,5-6,17H,2,4,7-10H2,1H3,(H2,14,15,16). The van der Waals surface area contributed by atoms with Crippen LogP contribution < -0.4 is 10.6 Å². The van der Waals surface area contributed by atoms with Gasteiger partial charge in [-0.25, -0.2) is 4.98 Å². The fourth-order valence-corrected chi connectivity index (χ4v) is 2.05. The van der Waals surface area contributed by atoms with Crippen LogP contribution in [0.1, 0.15) is 32.6 Å². The zero-order chi connectivity index (χ0) is 12.1. The second kappa shape index (κ2) is 5.36. The molecule has 0 aliphatic heterocycles. The lowest BCUT2D eigenvalue weighted by Gasteiger charge is -2.41. The van der Waals surface area contributed by atoms with Crippen molar-refractivity contribution < 1.29 is 5.11 Å². The first-order valence-corrected chi connectivity index (χ1v) is 6.38. The van der Waals surface area contributed by atoms with Crippen molar-refractivity contribution in [3.63, 3.8) is 0 Å². The Morgan fingerprint density at radius 1 is 1.35 bits per heavy atom. The first kappa shape index (κ1) is 12.2.